The molecule has 1 saturated heterocycles. The third-order valence-electron chi connectivity index (χ3n) is 5.70. The van der Waals surface area contributed by atoms with E-state index in [0.29, 0.717) is 46.6 Å². The minimum absolute atomic E-state index is 0.0307. The van der Waals surface area contributed by atoms with E-state index in [0.717, 1.165) is 5.71 Å². The molecule has 1 aromatic carbocycles. The summed E-state index contributed by atoms with van der Waals surface area (Å²) in [5.74, 6) is 0.133. The molecule has 0 radical (unpaired) electrons. The van der Waals surface area contributed by atoms with Crippen molar-refractivity contribution in [1.29, 1.82) is 0 Å². The Bertz CT molecular complexity index is 1210. The molecule has 1 fully saturated rings. The van der Waals surface area contributed by atoms with E-state index in [-0.39, 0.29) is 17.6 Å². The Labute approximate surface area is 196 Å². The van der Waals surface area contributed by atoms with E-state index < -0.39 is 6.04 Å². The Morgan fingerprint density at radius 1 is 1.36 bits per heavy atom. The van der Waals surface area contributed by atoms with Gasteiger partial charge in [-0.3, -0.25) is 9.48 Å². The van der Waals surface area contributed by atoms with Crippen LogP contribution in [-0.4, -0.2) is 42.8 Å². The van der Waals surface area contributed by atoms with Crippen LogP contribution in [0.25, 0.3) is 11.5 Å². The number of aromatic nitrogens is 4. The van der Waals surface area contributed by atoms with Gasteiger partial charge in [-0.2, -0.15) is 5.10 Å². The van der Waals surface area contributed by atoms with Gasteiger partial charge in [0.2, 0.25) is 11.4 Å². The third-order valence-corrected chi connectivity index (χ3v) is 6.15. The highest BCUT2D eigenvalue weighted by Gasteiger charge is 2.40. The van der Waals surface area contributed by atoms with Crippen molar-refractivity contribution < 1.29 is 14.2 Å². The van der Waals surface area contributed by atoms with Crippen LogP contribution < -0.4 is 10.7 Å². The number of hydrogen-bond acceptors (Lipinski definition) is 4. The maximum atomic E-state index is 13.5. The lowest BCUT2D eigenvalue weighted by Gasteiger charge is -2.20. The van der Waals surface area contributed by atoms with Gasteiger partial charge in [-0.1, -0.05) is 25.4 Å². The van der Waals surface area contributed by atoms with Crippen LogP contribution >= 0.6 is 11.6 Å². The average Bonchev–Trinajstić information content (AvgIpc) is 3.51. The Kier molecular flexibility index (Phi) is 6.33. The van der Waals surface area contributed by atoms with Gasteiger partial charge in [0.25, 0.3) is 5.91 Å². The van der Waals surface area contributed by atoms with Crippen molar-refractivity contribution in [3.63, 3.8) is 0 Å². The van der Waals surface area contributed by atoms with Crippen LogP contribution in [0, 0.1) is 18.7 Å². The molecule has 1 aliphatic heterocycles. The summed E-state index contributed by atoms with van der Waals surface area (Å²) < 4.78 is 15.0. The van der Waals surface area contributed by atoms with Gasteiger partial charge in [0.1, 0.15) is 23.3 Å². The van der Waals surface area contributed by atoms with Gasteiger partial charge in [0.15, 0.2) is 5.82 Å². The maximum absolute atomic E-state index is 13.5. The first kappa shape index (κ1) is 22.7. The van der Waals surface area contributed by atoms with Crippen molar-refractivity contribution in [2.24, 2.45) is 11.7 Å². The number of aromatic amines is 1. The molecule has 1 aliphatic rings. The van der Waals surface area contributed by atoms with Gasteiger partial charge in [0.05, 0.1) is 10.7 Å². The fourth-order valence-corrected chi connectivity index (χ4v) is 4.21. The molecule has 33 heavy (non-hydrogen) atoms. The van der Waals surface area contributed by atoms with Crippen LogP contribution in [0.5, 0.6) is 0 Å². The largest absolute Gasteiger partial charge is 0.403 e. The van der Waals surface area contributed by atoms with Crippen molar-refractivity contribution in [3.8, 4) is 11.5 Å². The summed E-state index contributed by atoms with van der Waals surface area (Å²) >= 11 is 6.51. The highest BCUT2D eigenvalue weighted by Crippen LogP contribution is 2.33. The van der Waals surface area contributed by atoms with Crippen LogP contribution in [0.1, 0.15) is 32.0 Å². The van der Waals surface area contributed by atoms with Crippen LogP contribution in [0.2, 0.25) is 5.02 Å². The lowest BCUT2D eigenvalue weighted by Crippen LogP contribution is -2.69. The van der Waals surface area contributed by atoms with Gasteiger partial charge in [0, 0.05) is 43.2 Å². The summed E-state index contributed by atoms with van der Waals surface area (Å²) in [7, 11) is 0. The van der Waals surface area contributed by atoms with E-state index in [1.807, 2.05) is 20.8 Å². The molecule has 4 N–H and O–H groups in total. The molecule has 2 aromatic heterocycles. The molecule has 8 nitrogen and oxygen atoms in total. The molecule has 0 saturated carbocycles. The number of likely N-dealkylation sites (tertiary alicyclic amines) is 1. The molecule has 1 unspecified atom stereocenters. The number of nitrogens with zero attached hydrogens (tertiary/aromatic N) is 4. The number of allylic oxidation sites excluding steroid dienone is 1. The number of H-pyrrole nitrogens is 1. The Hall–Kier alpha value is -3.46. The smallest absolute Gasteiger partial charge is 0.252 e. The molecule has 0 spiro atoms. The number of hydrogen-bond donors (Lipinski definition) is 3. The van der Waals surface area contributed by atoms with Crippen molar-refractivity contribution in [3.05, 3.63) is 65.1 Å². The highest BCUT2D eigenvalue weighted by atomic mass is 35.5. The second-order valence-corrected chi connectivity index (χ2v) is 8.55. The van der Waals surface area contributed by atoms with E-state index in [2.05, 4.69) is 20.1 Å². The fourth-order valence-electron chi connectivity index (χ4n) is 4.00. The number of carbonyl (C=O) groups is 1. The third kappa shape index (κ3) is 4.28. The normalized spacial score (nSPS) is 17.5. The molecule has 3 aromatic rings. The molecule has 3 heterocycles. The second-order valence-electron chi connectivity index (χ2n) is 8.18. The van der Waals surface area contributed by atoms with Gasteiger partial charge >= 0.3 is 0 Å². The number of halogens is 2. The number of nitrogens with two attached hydrogens (primary N) is 1. The molecular formula is C23H26ClFN7O+. The van der Waals surface area contributed by atoms with Crippen LogP contribution in [0.15, 0.2) is 48.6 Å². The Morgan fingerprint density at radius 3 is 2.70 bits per heavy atom. The van der Waals surface area contributed by atoms with Crippen LogP contribution in [-0.2, 0) is 4.79 Å². The highest BCUT2D eigenvalue weighted by molar-refractivity contribution is 6.33. The van der Waals surface area contributed by atoms with Gasteiger partial charge in [-0.05, 0) is 25.5 Å². The summed E-state index contributed by atoms with van der Waals surface area (Å²) in [6, 6.07) is 5.53. The molecule has 0 aliphatic carbocycles. The number of rotatable bonds is 6. The summed E-state index contributed by atoms with van der Waals surface area (Å²) in [6.07, 6.45) is 5.30. The summed E-state index contributed by atoms with van der Waals surface area (Å²) in [4.78, 5) is 25.7. The number of benzene rings is 1. The number of carbonyl (C=O) groups excluding carboxylic acids is 1. The first-order chi connectivity index (χ1) is 15.8. The van der Waals surface area contributed by atoms with Crippen molar-refractivity contribution in [1.82, 2.24) is 24.6 Å². The van der Waals surface area contributed by atoms with E-state index in [1.54, 1.807) is 34.1 Å². The molecule has 1 atom stereocenters. The van der Waals surface area contributed by atoms with Crippen LogP contribution in [0.3, 0.4) is 0 Å². The molecular weight excluding hydrogens is 445 g/mol. The zero-order chi connectivity index (χ0) is 23.7. The number of imidazole rings is 1. The minimum atomic E-state index is -0.514. The van der Waals surface area contributed by atoms with E-state index in [9.17, 15) is 9.18 Å². The zero-order valence-corrected chi connectivity index (χ0v) is 19.4. The Morgan fingerprint density at radius 2 is 2.09 bits per heavy atom. The first-order valence-corrected chi connectivity index (χ1v) is 11.1. The summed E-state index contributed by atoms with van der Waals surface area (Å²) in [5, 5.41) is 5.05. The summed E-state index contributed by atoms with van der Waals surface area (Å²) in [5.41, 5.74) is 9.27. The fraction of sp³-hybridized carbons (Fsp3) is 0.304. The molecule has 172 valence electrons. The summed E-state index contributed by atoms with van der Waals surface area (Å²) in [6.45, 7) is 6.31. The topological polar surface area (TPSA) is 107 Å². The average molecular weight is 471 g/mol. The van der Waals surface area contributed by atoms with Crippen LogP contribution in [0.4, 0.5) is 10.1 Å². The predicted molar refractivity (Wildman–Crippen MR) is 124 cm³/mol. The SMILES string of the molecule is Cc1c(Cl)c(-c2ncc[nH]2)nn1C1CCN(C(=CN)C(=[NH+]c2ccc(F)cc2)C(C)C)C1=O. The first-order valence-electron chi connectivity index (χ1n) is 10.7. The molecule has 4 rings (SSSR count). The standard InChI is InChI=1S/C23H25ClFN7O/c1-13(2)20(29-16-6-4-15(25)5-7-16)18(12-26)31-11-8-17(23(31)33)32-14(3)19(24)21(30-32)22-27-9-10-28-22/h4-7,9-10,12-13,17H,8,11,26H2,1-3H3,(H,27,28)/p+1. The molecule has 0 bridgehead atoms. The monoisotopic (exact) mass is 470 g/mol. The Balaban J connectivity index is 1.65. The number of amides is 1. The number of nitrogens with one attached hydrogen (secondary N) is 2. The lowest BCUT2D eigenvalue weighted by atomic mass is 10.0. The van der Waals surface area contributed by atoms with E-state index in [4.69, 9.17) is 17.3 Å². The van der Waals surface area contributed by atoms with E-state index >= 15 is 0 Å². The van der Waals surface area contributed by atoms with E-state index in [1.165, 1.54) is 18.3 Å². The van der Waals surface area contributed by atoms with Gasteiger partial charge < -0.3 is 15.6 Å². The van der Waals surface area contributed by atoms with Crippen molar-refractivity contribution >= 4 is 28.9 Å². The zero-order valence-electron chi connectivity index (χ0n) is 18.6. The lowest BCUT2D eigenvalue weighted by molar-refractivity contribution is -0.357. The second kappa shape index (κ2) is 9.19. The predicted octanol–water partition coefficient (Wildman–Crippen LogP) is 2.46. The molecule has 10 heteroatoms. The van der Waals surface area contributed by atoms with Crippen molar-refractivity contribution in [2.75, 3.05) is 6.54 Å². The maximum Gasteiger partial charge on any atom is 0.252 e. The van der Waals surface area contributed by atoms with Gasteiger partial charge in [-0.15, -0.1) is 0 Å². The van der Waals surface area contributed by atoms with Gasteiger partial charge in [-0.25, -0.2) is 14.4 Å². The minimum Gasteiger partial charge on any atom is -0.403 e. The van der Waals surface area contributed by atoms with Crippen molar-refractivity contribution in [2.45, 2.75) is 33.2 Å². The molecule has 1 amide bonds. The quantitative estimate of drug-likeness (QED) is 0.481.